The minimum atomic E-state index is -4.37. The molecule has 0 spiro atoms. The average molecular weight is 396 g/mol. The fourth-order valence-electron chi connectivity index (χ4n) is 2.63. The Balaban J connectivity index is 1.84. The van der Waals surface area contributed by atoms with Crippen LogP contribution < -0.4 is 14.8 Å². The van der Waals surface area contributed by atoms with Crippen molar-refractivity contribution in [1.29, 1.82) is 0 Å². The maximum Gasteiger partial charge on any atom is 0.416 e. The van der Waals surface area contributed by atoms with Crippen molar-refractivity contribution in [3.05, 3.63) is 59.2 Å². The smallest absolute Gasteiger partial charge is 0.416 e. The van der Waals surface area contributed by atoms with Crippen molar-refractivity contribution < 1.29 is 27.4 Å². The lowest BCUT2D eigenvalue weighted by molar-refractivity contribution is -0.137. The lowest BCUT2D eigenvalue weighted by Crippen LogP contribution is -2.37. The van der Waals surface area contributed by atoms with Crippen LogP contribution in [0.4, 0.5) is 18.0 Å². The number of methoxy groups -OCH3 is 2. The van der Waals surface area contributed by atoms with Gasteiger partial charge in [-0.05, 0) is 41.8 Å². The number of carbonyl (C=O) groups excluding carboxylic acids is 1. The van der Waals surface area contributed by atoms with E-state index in [9.17, 15) is 18.0 Å². The molecule has 0 aliphatic heterocycles. The quantitative estimate of drug-likeness (QED) is 0.767. The molecule has 2 aromatic rings. The lowest BCUT2D eigenvalue weighted by atomic mass is 10.1. The van der Waals surface area contributed by atoms with E-state index in [0.717, 1.165) is 17.7 Å². The molecule has 0 bridgehead atoms. The Morgan fingerprint density at radius 2 is 1.61 bits per heavy atom. The molecule has 0 fully saturated rings. The molecule has 0 atom stereocenters. The van der Waals surface area contributed by atoms with Crippen molar-refractivity contribution in [3.63, 3.8) is 0 Å². The van der Waals surface area contributed by atoms with Gasteiger partial charge in [-0.2, -0.15) is 13.2 Å². The summed E-state index contributed by atoms with van der Waals surface area (Å²) in [7, 11) is 4.70. The summed E-state index contributed by atoms with van der Waals surface area (Å²) in [5.41, 5.74) is 0.882. The van der Waals surface area contributed by atoms with Gasteiger partial charge in [-0.15, -0.1) is 0 Å². The van der Waals surface area contributed by atoms with E-state index in [1.165, 1.54) is 17.0 Å². The van der Waals surface area contributed by atoms with Crippen LogP contribution in [-0.4, -0.2) is 38.7 Å². The Morgan fingerprint density at radius 3 is 2.18 bits per heavy atom. The van der Waals surface area contributed by atoms with Crippen LogP contribution in [0.1, 0.15) is 16.7 Å². The first kappa shape index (κ1) is 21.4. The third kappa shape index (κ3) is 5.80. The number of alkyl halides is 3. The summed E-state index contributed by atoms with van der Waals surface area (Å²) in [6.45, 7) is 0.617. The zero-order valence-corrected chi connectivity index (χ0v) is 16.0. The summed E-state index contributed by atoms with van der Waals surface area (Å²) in [5, 5.41) is 2.79. The van der Waals surface area contributed by atoms with E-state index in [2.05, 4.69) is 5.32 Å². The van der Waals surface area contributed by atoms with Crippen LogP contribution >= 0.6 is 0 Å². The van der Waals surface area contributed by atoms with Crippen molar-refractivity contribution >= 4 is 6.03 Å². The van der Waals surface area contributed by atoms with E-state index < -0.39 is 11.7 Å². The number of carbonyl (C=O) groups is 1. The third-order valence-corrected chi connectivity index (χ3v) is 4.19. The zero-order valence-electron chi connectivity index (χ0n) is 16.0. The van der Waals surface area contributed by atoms with Gasteiger partial charge in [-0.25, -0.2) is 4.79 Å². The largest absolute Gasteiger partial charge is 0.493 e. The number of nitrogens with one attached hydrogen (secondary N) is 1. The maximum absolute atomic E-state index is 12.6. The van der Waals surface area contributed by atoms with Crippen LogP contribution in [0, 0.1) is 0 Å². The molecule has 28 heavy (non-hydrogen) atoms. The van der Waals surface area contributed by atoms with Gasteiger partial charge in [0, 0.05) is 20.1 Å². The second-order valence-corrected chi connectivity index (χ2v) is 6.22. The standard InChI is InChI=1S/C20H23F3N2O3/c1-25(13-15-4-7-16(8-5-15)20(21,22)23)19(26)24-11-10-14-6-9-17(27-2)18(12-14)28-3/h4-9,12H,10-11,13H2,1-3H3,(H,24,26). The van der Waals surface area contributed by atoms with E-state index in [1.807, 2.05) is 12.1 Å². The van der Waals surface area contributed by atoms with Crippen molar-refractivity contribution in [2.45, 2.75) is 19.1 Å². The minimum absolute atomic E-state index is 0.209. The molecule has 1 N–H and O–H groups in total. The fourth-order valence-corrected chi connectivity index (χ4v) is 2.63. The summed E-state index contributed by atoms with van der Waals surface area (Å²) >= 11 is 0. The topological polar surface area (TPSA) is 50.8 Å². The molecule has 2 aromatic carbocycles. The van der Waals surface area contributed by atoms with E-state index in [0.29, 0.717) is 30.0 Å². The van der Waals surface area contributed by atoms with Gasteiger partial charge in [-0.3, -0.25) is 0 Å². The molecule has 0 saturated carbocycles. The number of amides is 2. The highest BCUT2D eigenvalue weighted by atomic mass is 19.4. The Kier molecular flexibility index (Phi) is 7.14. The van der Waals surface area contributed by atoms with Gasteiger partial charge in [0.2, 0.25) is 0 Å². The molecule has 5 nitrogen and oxygen atoms in total. The van der Waals surface area contributed by atoms with Crippen LogP contribution in [-0.2, 0) is 19.1 Å². The predicted octanol–water partition coefficient (Wildman–Crippen LogP) is 4.11. The zero-order chi connectivity index (χ0) is 20.7. The SMILES string of the molecule is COc1ccc(CCNC(=O)N(C)Cc2ccc(C(F)(F)F)cc2)cc1OC. The molecule has 0 heterocycles. The monoisotopic (exact) mass is 396 g/mol. The molecule has 8 heteroatoms. The number of halogens is 3. The molecule has 0 aromatic heterocycles. The van der Waals surface area contributed by atoms with Crippen LogP contribution in [0.2, 0.25) is 0 Å². The second kappa shape index (κ2) is 9.34. The molecule has 2 amide bonds. The number of nitrogens with zero attached hydrogens (tertiary/aromatic N) is 1. The summed E-state index contributed by atoms with van der Waals surface area (Å²) < 4.78 is 48.2. The van der Waals surface area contributed by atoms with Gasteiger partial charge in [0.25, 0.3) is 0 Å². The number of rotatable bonds is 7. The predicted molar refractivity (Wildman–Crippen MR) is 99.6 cm³/mol. The van der Waals surface area contributed by atoms with Crippen molar-refractivity contribution in [2.24, 2.45) is 0 Å². The van der Waals surface area contributed by atoms with Crippen LogP contribution in [0.15, 0.2) is 42.5 Å². The first-order chi connectivity index (χ1) is 13.2. The van der Waals surface area contributed by atoms with Gasteiger partial charge in [0.05, 0.1) is 19.8 Å². The molecule has 0 unspecified atom stereocenters. The molecule has 0 saturated heterocycles. The summed E-state index contributed by atoms with van der Waals surface area (Å²) in [5.74, 6) is 1.25. The first-order valence-electron chi connectivity index (χ1n) is 8.60. The van der Waals surface area contributed by atoms with Crippen LogP contribution in [0.25, 0.3) is 0 Å². The first-order valence-corrected chi connectivity index (χ1v) is 8.60. The van der Waals surface area contributed by atoms with Gasteiger partial charge in [-0.1, -0.05) is 18.2 Å². The molecule has 0 radical (unpaired) electrons. The molecular weight excluding hydrogens is 373 g/mol. The molecular formula is C20H23F3N2O3. The van der Waals surface area contributed by atoms with Crippen LogP contribution in [0.3, 0.4) is 0 Å². The number of ether oxygens (including phenoxy) is 2. The van der Waals surface area contributed by atoms with E-state index in [1.54, 1.807) is 27.3 Å². The van der Waals surface area contributed by atoms with Crippen molar-refractivity contribution in [1.82, 2.24) is 10.2 Å². The highest BCUT2D eigenvalue weighted by molar-refractivity contribution is 5.73. The number of hydrogen-bond donors (Lipinski definition) is 1. The second-order valence-electron chi connectivity index (χ2n) is 6.22. The summed E-state index contributed by atoms with van der Waals surface area (Å²) in [6.07, 6.45) is -3.77. The average Bonchev–Trinajstić information content (AvgIpc) is 2.67. The Morgan fingerprint density at radius 1 is 1.00 bits per heavy atom. The summed E-state index contributed by atoms with van der Waals surface area (Å²) in [4.78, 5) is 13.6. The Hall–Kier alpha value is -2.90. The third-order valence-electron chi connectivity index (χ3n) is 4.19. The van der Waals surface area contributed by atoms with E-state index in [-0.39, 0.29) is 12.6 Å². The van der Waals surface area contributed by atoms with Gasteiger partial charge >= 0.3 is 12.2 Å². The Labute approximate surface area is 162 Å². The minimum Gasteiger partial charge on any atom is -0.493 e. The molecule has 152 valence electrons. The number of hydrogen-bond acceptors (Lipinski definition) is 3. The molecule has 0 aliphatic rings. The molecule has 0 aliphatic carbocycles. The van der Waals surface area contributed by atoms with Gasteiger partial charge in [0.15, 0.2) is 11.5 Å². The van der Waals surface area contributed by atoms with Gasteiger partial charge < -0.3 is 19.7 Å². The van der Waals surface area contributed by atoms with E-state index >= 15 is 0 Å². The van der Waals surface area contributed by atoms with Crippen molar-refractivity contribution in [2.75, 3.05) is 27.8 Å². The number of urea groups is 1. The molecule has 2 rings (SSSR count). The highest BCUT2D eigenvalue weighted by Gasteiger charge is 2.29. The highest BCUT2D eigenvalue weighted by Crippen LogP contribution is 2.29. The normalized spacial score (nSPS) is 11.1. The number of benzene rings is 2. The van der Waals surface area contributed by atoms with Crippen LogP contribution in [0.5, 0.6) is 11.5 Å². The Bertz CT molecular complexity index is 792. The van der Waals surface area contributed by atoms with E-state index in [4.69, 9.17) is 9.47 Å². The lowest BCUT2D eigenvalue weighted by Gasteiger charge is -2.18. The summed E-state index contributed by atoms with van der Waals surface area (Å²) in [6, 6.07) is 9.99. The maximum atomic E-state index is 12.6. The van der Waals surface area contributed by atoms with Gasteiger partial charge in [0.1, 0.15) is 0 Å². The van der Waals surface area contributed by atoms with Crippen molar-refractivity contribution in [3.8, 4) is 11.5 Å². The fraction of sp³-hybridized carbons (Fsp3) is 0.350.